The first-order valence-corrected chi connectivity index (χ1v) is 16.5. The fraction of sp³-hybridized carbons (Fsp3) is 0.333. The van der Waals surface area contributed by atoms with Crippen molar-refractivity contribution in [3.05, 3.63) is 103 Å². The van der Waals surface area contributed by atoms with Crippen LogP contribution < -0.4 is 24.5 Å². The molecule has 9 nitrogen and oxygen atoms in total. The fourth-order valence-electron chi connectivity index (χ4n) is 6.77. The highest BCUT2D eigenvalue weighted by atomic mass is 19.1. The SMILES string of the molecule is C=C/C(C(=O)Nc1ccc(Oc2ccnc3cc(OCC4CCC5(CCOC5)C4)c(OC)cc23)c(F)c1)=C(/C)N(C)N(C)c1ccccc1. The number of anilines is 2. The molecule has 3 aromatic carbocycles. The minimum absolute atomic E-state index is 0.00395. The average molecular weight is 667 g/mol. The van der Waals surface area contributed by atoms with E-state index in [-0.39, 0.29) is 11.4 Å². The lowest BCUT2D eigenvalue weighted by molar-refractivity contribution is -0.112. The van der Waals surface area contributed by atoms with Crippen molar-refractivity contribution in [2.24, 2.45) is 11.3 Å². The number of fused-ring (bicyclic) bond motifs is 1. The molecule has 1 aromatic heterocycles. The van der Waals surface area contributed by atoms with Crippen LogP contribution >= 0.6 is 0 Å². The molecule has 2 aliphatic rings. The molecule has 256 valence electrons. The van der Waals surface area contributed by atoms with Crippen molar-refractivity contribution >= 4 is 28.2 Å². The third kappa shape index (κ3) is 7.34. The number of nitrogens with one attached hydrogen (secondary N) is 1. The molecular weight excluding hydrogens is 623 g/mol. The summed E-state index contributed by atoms with van der Waals surface area (Å²) < 4.78 is 39.1. The van der Waals surface area contributed by atoms with Crippen LogP contribution in [0.25, 0.3) is 10.9 Å². The van der Waals surface area contributed by atoms with E-state index in [0.29, 0.717) is 57.4 Å². The second-order valence-electron chi connectivity index (χ2n) is 12.8. The Morgan fingerprint density at radius 3 is 2.61 bits per heavy atom. The summed E-state index contributed by atoms with van der Waals surface area (Å²) in [4.78, 5) is 17.8. The van der Waals surface area contributed by atoms with E-state index in [1.807, 2.05) is 67.4 Å². The van der Waals surface area contributed by atoms with Gasteiger partial charge in [-0.05, 0) is 80.3 Å². The van der Waals surface area contributed by atoms with Crippen LogP contribution in [-0.4, -0.2) is 56.9 Å². The lowest BCUT2D eigenvalue weighted by Gasteiger charge is -2.33. The maximum atomic E-state index is 15.4. The number of para-hydroxylation sites is 1. The number of hydrogen-bond donors (Lipinski definition) is 1. The number of ether oxygens (including phenoxy) is 4. The number of hydrogen-bond acceptors (Lipinski definition) is 8. The third-order valence-corrected chi connectivity index (χ3v) is 9.76. The molecule has 1 aliphatic carbocycles. The Kier molecular flexibility index (Phi) is 10.1. The van der Waals surface area contributed by atoms with Crippen molar-refractivity contribution in [2.75, 3.05) is 51.4 Å². The molecule has 6 rings (SSSR count). The lowest BCUT2D eigenvalue weighted by atomic mass is 9.85. The van der Waals surface area contributed by atoms with Gasteiger partial charge in [-0.2, -0.15) is 0 Å². The zero-order chi connectivity index (χ0) is 34.5. The predicted molar refractivity (Wildman–Crippen MR) is 190 cm³/mol. The number of nitrogens with zero attached hydrogens (tertiary/aromatic N) is 3. The summed E-state index contributed by atoms with van der Waals surface area (Å²) in [6.45, 7) is 7.97. The molecule has 1 spiro atoms. The van der Waals surface area contributed by atoms with Crippen molar-refractivity contribution in [1.29, 1.82) is 0 Å². The molecule has 2 fully saturated rings. The van der Waals surface area contributed by atoms with Crippen molar-refractivity contribution < 1.29 is 28.1 Å². The van der Waals surface area contributed by atoms with E-state index in [0.717, 1.165) is 38.2 Å². The molecule has 1 saturated heterocycles. The van der Waals surface area contributed by atoms with Gasteiger partial charge in [0, 0.05) is 55.8 Å². The molecule has 1 aliphatic heterocycles. The number of benzene rings is 3. The minimum atomic E-state index is -0.640. The van der Waals surface area contributed by atoms with Gasteiger partial charge in [0.15, 0.2) is 23.1 Å². The standard InChI is InChI=1S/C39H43FN4O5/c1-6-30(26(2)43(3)44(4)29-10-8-7-9-11-29)38(45)42-28-12-13-35(32(40)20-28)49-34-15-18-41-33-22-37(36(46-5)21-31(33)34)48-24-27-14-16-39(23-27)17-19-47-25-39/h6-13,15,18,20-22,27H,1,14,16-17,19,23-25H2,2-5H3,(H,42,45)/b30-26+. The minimum Gasteiger partial charge on any atom is -0.493 e. The fourth-order valence-corrected chi connectivity index (χ4v) is 6.77. The molecule has 49 heavy (non-hydrogen) atoms. The molecule has 10 heteroatoms. The number of methoxy groups -OCH3 is 1. The Morgan fingerprint density at radius 2 is 1.90 bits per heavy atom. The smallest absolute Gasteiger partial charge is 0.257 e. The van der Waals surface area contributed by atoms with E-state index in [4.69, 9.17) is 18.9 Å². The van der Waals surface area contributed by atoms with Crippen LogP contribution in [-0.2, 0) is 9.53 Å². The summed E-state index contributed by atoms with van der Waals surface area (Å²) in [5.74, 6) is 0.959. The van der Waals surface area contributed by atoms with Crippen LogP contribution in [0.15, 0.2) is 96.9 Å². The zero-order valence-electron chi connectivity index (χ0n) is 28.5. The second kappa shape index (κ2) is 14.6. The molecule has 1 N–H and O–H groups in total. The van der Waals surface area contributed by atoms with Gasteiger partial charge in [0.1, 0.15) is 5.75 Å². The maximum absolute atomic E-state index is 15.4. The summed E-state index contributed by atoms with van der Waals surface area (Å²) in [6, 6.07) is 19.4. The maximum Gasteiger partial charge on any atom is 0.257 e. The van der Waals surface area contributed by atoms with Crippen LogP contribution in [0, 0.1) is 17.2 Å². The van der Waals surface area contributed by atoms with Crippen LogP contribution in [0.3, 0.4) is 0 Å². The molecule has 2 heterocycles. The highest BCUT2D eigenvalue weighted by molar-refractivity contribution is 6.06. The molecule has 0 bridgehead atoms. The lowest BCUT2D eigenvalue weighted by Crippen LogP contribution is -2.36. The number of hydrazine groups is 1. The highest BCUT2D eigenvalue weighted by Crippen LogP contribution is 2.48. The highest BCUT2D eigenvalue weighted by Gasteiger charge is 2.42. The molecular formula is C39H43FN4O5. The van der Waals surface area contributed by atoms with Crippen LogP contribution in [0.2, 0.25) is 0 Å². The van der Waals surface area contributed by atoms with E-state index in [1.54, 1.807) is 31.5 Å². The number of rotatable bonds is 12. The van der Waals surface area contributed by atoms with Crippen molar-refractivity contribution in [3.8, 4) is 23.0 Å². The van der Waals surface area contributed by atoms with Gasteiger partial charge in [0.25, 0.3) is 5.91 Å². The van der Waals surface area contributed by atoms with E-state index in [2.05, 4.69) is 16.9 Å². The van der Waals surface area contributed by atoms with Crippen molar-refractivity contribution in [2.45, 2.75) is 32.6 Å². The van der Waals surface area contributed by atoms with Gasteiger partial charge in [-0.25, -0.2) is 4.39 Å². The number of aromatic nitrogens is 1. The monoisotopic (exact) mass is 666 g/mol. The molecule has 2 unspecified atom stereocenters. The average Bonchev–Trinajstić information content (AvgIpc) is 3.76. The summed E-state index contributed by atoms with van der Waals surface area (Å²) >= 11 is 0. The number of pyridine rings is 1. The van der Waals surface area contributed by atoms with Gasteiger partial charge < -0.3 is 24.3 Å². The van der Waals surface area contributed by atoms with E-state index >= 15 is 4.39 Å². The molecule has 0 radical (unpaired) electrons. The van der Waals surface area contributed by atoms with Crippen LogP contribution in [0.4, 0.5) is 15.8 Å². The van der Waals surface area contributed by atoms with Crippen molar-refractivity contribution in [1.82, 2.24) is 9.99 Å². The first-order valence-electron chi connectivity index (χ1n) is 16.5. The third-order valence-electron chi connectivity index (χ3n) is 9.76. The number of carbonyl (C=O) groups excluding carboxylic acids is 1. The summed E-state index contributed by atoms with van der Waals surface area (Å²) in [6.07, 6.45) is 7.65. The summed E-state index contributed by atoms with van der Waals surface area (Å²) in [7, 11) is 5.35. The largest absolute Gasteiger partial charge is 0.493 e. The van der Waals surface area contributed by atoms with Gasteiger partial charge >= 0.3 is 0 Å². The normalized spacial score (nSPS) is 19.0. The van der Waals surface area contributed by atoms with E-state index in [9.17, 15) is 4.79 Å². The zero-order valence-corrected chi connectivity index (χ0v) is 28.5. The van der Waals surface area contributed by atoms with Gasteiger partial charge in [0.05, 0.1) is 37.1 Å². The number of halogens is 1. The Balaban J connectivity index is 1.14. The van der Waals surface area contributed by atoms with Gasteiger partial charge in [-0.15, -0.1) is 0 Å². The summed E-state index contributed by atoms with van der Waals surface area (Å²) in [5, 5.41) is 7.19. The molecule has 4 aromatic rings. The Morgan fingerprint density at radius 1 is 1.08 bits per heavy atom. The van der Waals surface area contributed by atoms with Crippen LogP contribution in [0.5, 0.6) is 23.0 Å². The van der Waals surface area contributed by atoms with Gasteiger partial charge in [-0.1, -0.05) is 30.9 Å². The number of amides is 1. The molecule has 1 amide bonds. The van der Waals surface area contributed by atoms with E-state index in [1.165, 1.54) is 24.6 Å². The molecule has 1 saturated carbocycles. The van der Waals surface area contributed by atoms with E-state index < -0.39 is 11.7 Å². The Hall–Kier alpha value is -5.09. The summed E-state index contributed by atoms with van der Waals surface area (Å²) in [5.41, 5.74) is 3.19. The van der Waals surface area contributed by atoms with Crippen molar-refractivity contribution in [3.63, 3.8) is 0 Å². The van der Waals surface area contributed by atoms with Gasteiger partial charge in [-0.3, -0.25) is 19.8 Å². The Labute approximate surface area is 286 Å². The number of carbonyl (C=O) groups is 1. The topological polar surface area (TPSA) is 85.4 Å². The first-order chi connectivity index (χ1) is 23.7. The predicted octanol–water partition coefficient (Wildman–Crippen LogP) is 8.14. The second-order valence-corrected chi connectivity index (χ2v) is 12.8. The Bertz CT molecular complexity index is 1860. The van der Waals surface area contributed by atoms with Gasteiger partial charge in [0.2, 0.25) is 0 Å². The molecule has 2 atom stereocenters. The first kappa shape index (κ1) is 33.8. The number of allylic oxidation sites excluding steroid dienone is 1. The van der Waals surface area contributed by atoms with Crippen LogP contribution in [0.1, 0.15) is 32.6 Å². The quantitative estimate of drug-likeness (QED) is 0.0922.